The molecule has 0 amide bonds. The summed E-state index contributed by atoms with van der Waals surface area (Å²) in [6.07, 6.45) is -78.8. The Bertz CT molecular complexity index is 4670. The second-order valence-electron chi connectivity index (χ2n) is 18.0. The predicted molar refractivity (Wildman–Crippen MR) is 254 cm³/mol. The molecule has 600 valence electrons. The molecule has 0 aromatic carbocycles. The van der Waals surface area contributed by atoms with E-state index in [0.29, 0.717) is 0 Å². The van der Waals surface area contributed by atoms with Gasteiger partial charge in [0, 0.05) is 0 Å². The molecular formula is C24H28Na14O63S14. The van der Waals surface area contributed by atoms with Crippen LogP contribution in [0, 0.1) is 0 Å². The molecule has 4 aliphatic heterocycles. The van der Waals surface area contributed by atoms with Gasteiger partial charge >= 0.3 is 414 Å². The molecule has 20 atom stereocenters. The van der Waals surface area contributed by atoms with Crippen LogP contribution in [0.1, 0.15) is 0 Å². The van der Waals surface area contributed by atoms with Gasteiger partial charge in [-0.3, -0.25) is 58.6 Å². The minimum atomic E-state index is -7.22. The van der Waals surface area contributed by atoms with Crippen molar-refractivity contribution in [3.8, 4) is 0 Å². The van der Waals surface area contributed by atoms with Crippen molar-refractivity contribution >= 4 is 146 Å². The van der Waals surface area contributed by atoms with Crippen LogP contribution in [0.4, 0.5) is 0 Å². The fourth-order valence-electron chi connectivity index (χ4n) is 8.30. The molecule has 20 unspecified atom stereocenters. The Labute approximate surface area is 962 Å². The zero-order valence-electron chi connectivity index (χ0n) is 59.8. The molecule has 0 radical (unpaired) electrons. The van der Waals surface area contributed by atoms with E-state index in [1.165, 1.54) is 0 Å². The molecule has 63 nitrogen and oxygen atoms in total. The summed E-state index contributed by atoms with van der Waals surface area (Å²) >= 11 is 0. The van der Waals surface area contributed by atoms with Crippen molar-refractivity contribution in [2.75, 3.05) is 26.4 Å². The van der Waals surface area contributed by atoms with Crippen molar-refractivity contribution < 1.29 is 687 Å². The van der Waals surface area contributed by atoms with E-state index in [2.05, 4.69) is 58.6 Å². The zero-order valence-corrected chi connectivity index (χ0v) is 99.2. The third-order valence-electron chi connectivity index (χ3n) is 11.0. The van der Waals surface area contributed by atoms with Crippen molar-refractivity contribution in [1.29, 1.82) is 0 Å². The smallest absolute Gasteiger partial charge is 0.726 e. The topological polar surface area (TPSA) is 995 Å². The molecule has 0 saturated carbocycles. The number of rotatable bonds is 38. The van der Waals surface area contributed by atoms with Crippen molar-refractivity contribution in [3.05, 3.63) is 0 Å². The Morgan fingerprint density at radius 1 is 0.165 bits per heavy atom. The molecule has 0 bridgehead atoms. The predicted octanol–water partition coefficient (Wildman–Crippen LogP) is -58.9. The Morgan fingerprint density at radius 2 is 0.296 bits per heavy atom. The molecule has 0 aromatic heterocycles. The van der Waals surface area contributed by atoms with Crippen LogP contribution in [0.15, 0.2) is 0 Å². The Morgan fingerprint density at radius 3 is 0.478 bits per heavy atom. The molecule has 4 fully saturated rings. The van der Waals surface area contributed by atoms with E-state index < -0.39 is 295 Å². The van der Waals surface area contributed by atoms with Crippen LogP contribution in [0.3, 0.4) is 0 Å². The SMILES string of the molecule is O=S(=O)([O-])OCC1OC(OC2C(COS(=O)(=O)[O-])OC(OC3OC(COS(=O)(=O)[O-])C(OS(=O)(=O)[O-])C(OS(=O)(=O)[O-])C3OS(=O)(=O)[O-])C(OS(=O)(=O)[O-])C2OS(=O)(=O)[O-])C(OC2OC(COS(=O)(=O)[O-])C(OS(=O)(=O)[O-])C(OS(=O)(=O)[O-])C2OS(=O)(=O)[O-])C(OS(=O)(=O)[O-])C1OS(=O)(=O)[O-].[Na+].[Na+].[Na+].[Na+].[Na+].[Na+].[Na+].[Na+].[Na+].[Na+].[Na+].[Na+].[Na+].[Na+]. The summed E-state index contributed by atoms with van der Waals surface area (Å²) in [5.41, 5.74) is 0. The van der Waals surface area contributed by atoms with Gasteiger partial charge in [0.2, 0.25) is 146 Å². The van der Waals surface area contributed by atoms with E-state index in [1.807, 2.05) is 0 Å². The van der Waals surface area contributed by atoms with Crippen LogP contribution >= 0.6 is 0 Å². The van der Waals surface area contributed by atoms with Crippen molar-refractivity contribution in [3.63, 3.8) is 0 Å². The standard InChI is InChI=1S/C24H42O63S14.14Na/c25-88(26,27)67-1-5-9(13(81-95(46,47)48)18(85-99(58,59)60)23(71-5)77-24-20(87-101(64,65)66)16(84-98(55,56)57)12(80-94(43,44)45)8(74-24)4-70-91(34,35)36)75-21-17(14(82-96(49,50)51)10(78-92(37,38)39)6(72-21)2-68-89(28,29)30)76-22-19(86-100(61,62)63)15(83-97(52,53)54)11(79-93(40,41)42)7(73-22)3-69-90(31,32)33;;;;;;;;;;;;;;/h5-24H,1-4H2,(H,25,26,27)(H,28,29,30)(H,31,32,33)(H,34,35,36)(H,37,38,39)(H,40,41,42)(H,43,44,45)(H,46,47,48)(H,49,50,51)(H,52,53,54)(H,55,56,57)(H,58,59,60)(H,61,62,63)(H,64,65,66);;;;;;;;;;;;;;/q;14*+1/p-14. The maximum Gasteiger partial charge on any atom is 1.00 e. The Balaban J connectivity index is -0.000000858. The van der Waals surface area contributed by atoms with Crippen LogP contribution in [0.2, 0.25) is 0 Å². The van der Waals surface area contributed by atoms with Crippen LogP contribution in [-0.4, -0.2) is 331 Å². The average Bonchev–Trinajstić information content (AvgIpc) is 0.753. The van der Waals surface area contributed by atoms with Crippen molar-refractivity contribution in [1.82, 2.24) is 0 Å². The molecule has 0 spiro atoms. The number of hydrogen-bond acceptors (Lipinski definition) is 63. The summed E-state index contributed by atoms with van der Waals surface area (Å²) in [5.74, 6) is 0. The van der Waals surface area contributed by atoms with Gasteiger partial charge in [-0.05, 0) is 0 Å². The number of hydrogen-bond donors (Lipinski definition) is 0. The number of ether oxygens (including phenoxy) is 7. The molecule has 4 saturated heterocycles. The second kappa shape index (κ2) is 60.0. The normalized spacial score (nSPS) is 28.5. The third kappa shape index (κ3) is 61.1. The average molecular weight is 2100 g/mol. The largest absolute Gasteiger partial charge is 1.00 e. The van der Waals surface area contributed by atoms with Gasteiger partial charge in [-0.2, -0.15) is 0 Å². The van der Waals surface area contributed by atoms with Crippen LogP contribution in [0.5, 0.6) is 0 Å². The second-order valence-corrected chi connectivity index (χ2v) is 32.3. The van der Waals surface area contributed by atoms with Crippen LogP contribution in [-0.2, 0) is 237 Å². The molecule has 91 heteroatoms. The monoisotopic (exact) mass is 2090 g/mol. The first-order chi connectivity index (χ1) is 44.7. The molecule has 4 rings (SSSR count). The Kier molecular flexibility index (Phi) is 78.1. The first kappa shape index (κ1) is 150. The molecule has 4 heterocycles. The van der Waals surface area contributed by atoms with E-state index in [9.17, 15) is 182 Å². The van der Waals surface area contributed by atoms with Gasteiger partial charge in [0.25, 0.3) is 0 Å². The molecule has 0 N–H and O–H groups in total. The molecule has 4 aliphatic rings. The third-order valence-corrected chi connectivity index (χ3v) is 17.3. The maximum absolute atomic E-state index is 12.7. The van der Waals surface area contributed by atoms with Gasteiger partial charge in [0.15, 0.2) is 43.5 Å². The zero-order chi connectivity index (χ0) is 78.2. The first-order valence-electron chi connectivity index (χ1n) is 23.1. The van der Waals surface area contributed by atoms with Crippen LogP contribution in [0.25, 0.3) is 0 Å². The van der Waals surface area contributed by atoms with Gasteiger partial charge in [0.05, 0.1) is 26.4 Å². The summed E-state index contributed by atoms with van der Waals surface area (Å²) < 4.78 is 597. The van der Waals surface area contributed by atoms with E-state index in [1.54, 1.807) is 0 Å². The molecule has 0 aromatic rings. The fourth-order valence-corrected chi connectivity index (χ4v) is 14.4. The Hall–Kier alpha value is 11.9. The summed E-state index contributed by atoms with van der Waals surface area (Å²) in [6.45, 7) is -10.1. The minimum Gasteiger partial charge on any atom is -0.726 e. The summed E-state index contributed by atoms with van der Waals surface area (Å²) in [5, 5.41) is 0. The summed E-state index contributed by atoms with van der Waals surface area (Å²) in [7, 11) is -95.6. The molecular weight excluding hydrogens is 2070 g/mol. The van der Waals surface area contributed by atoms with Crippen molar-refractivity contribution in [2.24, 2.45) is 0 Å². The fraction of sp³-hybridized carbons (Fsp3) is 1.00. The van der Waals surface area contributed by atoms with E-state index >= 15 is 0 Å². The summed E-state index contributed by atoms with van der Waals surface area (Å²) in [4.78, 5) is 0. The van der Waals surface area contributed by atoms with Crippen LogP contribution < -0.4 is 414 Å². The van der Waals surface area contributed by atoms with Gasteiger partial charge in [-0.1, -0.05) is 0 Å². The van der Waals surface area contributed by atoms with Gasteiger partial charge < -0.3 is 96.9 Å². The quantitative estimate of drug-likeness (QED) is 0.0315. The van der Waals surface area contributed by atoms with Crippen molar-refractivity contribution in [2.45, 2.75) is 123 Å². The van der Waals surface area contributed by atoms with Gasteiger partial charge in [-0.15, -0.1) is 0 Å². The molecule has 115 heavy (non-hydrogen) atoms. The van der Waals surface area contributed by atoms with Gasteiger partial charge in [-0.25, -0.2) is 118 Å². The van der Waals surface area contributed by atoms with Gasteiger partial charge in [0.1, 0.15) is 79.4 Å². The minimum absolute atomic E-state index is 0. The molecule has 0 aliphatic carbocycles. The van der Waals surface area contributed by atoms with E-state index in [4.69, 9.17) is 33.2 Å². The maximum atomic E-state index is 12.7. The van der Waals surface area contributed by atoms with E-state index in [-0.39, 0.29) is 414 Å². The van der Waals surface area contributed by atoms with E-state index in [0.717, 1.165) is 0 Å². The first-order valence-corrected chi connectivity index (χ1v) is 41.8. The summed E-state index contributed by atoms with van der Waals surface area (Å²) in [6, 6.07) is 0.